The monoisotopic (exact) mass is 378 g/mol. The minimum absolute atomic E-state index is 0.192. The summed E-state index contributed by atoms with van der Waals surface area (Å²) in [6, 6.07) is 16.5. The highest BCUT2D eigenvalue weighted by Gasteiger charge is 2.06. The topological polar surface area (TPSA) is 85.4 Å². The van der Waals surface area contributed by atoms with Crippen LogP contribution in [0, 0.1) is 0 Å². The number of methoxy groups -OCH3 is 1. The molecule has 0 aliphatic heterocycles. The van der Waals surface area contributed by atoms with Gasteiger partial charge in [-0.15, -0.1) is 0 Å². The molecular weight excluding hydrogens is 356 g/mol. The van der Waals surface area contributed by atoms with Gasteiger partial charge in [0.2, 0.25) is 0 Å². The molecule has 0 unspecified atom stereocenters. The van der Waals surface area contributed by atoms with Crippen LogP contribution in [0.1, 0.15) is 16.1 Å². The lowest BCUT2D eigenvalue weighted by molar-refractivity contribution is 0.0946. The summed E-state index contributed by atoms with van der Waals surface area (Å²) in [4.78, 5) is 20.7. The first kappa shape index (κ1) is 19.2. The number of nitrogens with one attached hydrogen (secondary N) is 2. The quantitative estimate of drug-likeness (QED) is 0.557. The second-order valence-electron chi connectivity index (χ2n) is 5.89. The van der Waals surface area contributed by atoms with E-state index in [0.29, 0.717) is 31.1 Å². The van der Waals surface area contributed by atoms with Crippen molar-refractivity contribution in [3.63, 3.8) is 0 Å². The SMILES string of the molecule is COc1ccc(OCCNC(=O)c2ccc(NCc3ccccn3)nc2)cc1. The third-order valence-electron chi connectivity index (χ3n) is 3.92. The Kier molecular flexibility index (Phi) is 6.78. The van der Waals surface area contributed by atoms with Crippen LogP contribution in [0.2, 0.25) is 0 Å². The van der Waals surface area contributed by atoms with Gasteiger partial charge in [0.05, 0.1) is 31.5 Å². The molecule has 2 N–H and O–H groups in total. The molecule has 0 spiro atoms. The fraction of sp³-hybridized carbons (Fsp3) is 0.190. The Labute approximate surface area is 163 Å². The Morgan fingerprint density at radius 1 is 1.00 bits per heavy atom. The third kappa shape index (κ3) is 5.70. The molecule has 0 radical (unpaired) electrons. The van der Waals surface area contributed by atoms with E-state index in [4.69, 9.17) is 9.47 Å². The molecule has 3 rings (SSSR count). The first-order valence-corrected chi connectivity index (χ1v) is 8.89. The van der Waals surface area contributed by atoms with Crippen LogP contribution in [0.4, 0.5) is 5.82 Å². The molecule has 0 saturated heterocycles. The van der Waals surface area contributed by atoms with Crippen LogP contribution in [-0.4, -0.2) is 36.1 Å². The highest BCUT2D eigenvalue weighted by Crippen LogP contribution is 2.16. The number of anilines is 1. The zero-order valence-electron chi connectivity index (χ0n) is 15.6. The molecule has 0 saturated carbocycles. The molecule has 0 aliphatic rings. The van der Waals surface area contributed by atoms with Gasteiger partial charge in [-0.25, -0.2) is 4.98 Å². The average molecular weight is 378 g/mol. The van der Waals surface area contributed by atoms with Crippen molar-refractivity contribution in [1.29, 1.82) is 0 Å². The fourth-order valence-electron chi connectivity index (χ4n) is 2.42. The maximum atomic E-state index is 12.2. The molecule has 3 aromatic rings. The van der Waals surface area contributed by atoms with Gasteiger partial charge in [0.25, 0.3) is 5.91 Å². The Morgan fingerprint density at radius 3 is 2.50 bits per heavy atom. The van der Waals surface area contributed by atoms with Gasteiger partial charge < -0.3 is 20.1 Å². The van der Waals surface area contributed by atoms with Crippen molar-refractivity contribution in [2.24, 2.45) is 0 Å². The first-order valence-electron chi connectivity index (χ1n) is 8.89. The summed E-state index contributed by atoms with van der Waals surface area (Å²) >= 11 is 0. The van der Waals surface area contributed by atoms with E-state index in [2.05, 4.69) is 20.6 Å². The van der Waals surface area contributed by atoms with Gasteiger partial charge in [-0.1, -0.05) is 6.07 Å². The molecule has 0 aliphatic carbocycles. The van der Waals surface area contributed by atoms with Gasteiger partial charge in [0, 0.05) is 12.4 Å². The van der Waals surface area contributed by atoms with Gasteiger partial charge >= 0.3 is 0 Å². The third-order valence-corrected chi connectivity index (χ3v) is 3.92. The molecular formula is C21H22N4O3. The number of nitrogens with zero attached hydrogens (tertiary/aromatic N) is 2. The lowest BCUT2D eigenvalue weighted by Crippen LogP contribution is -2.28. The van der Waals surface area contributed by atoms with Crippen molar-refractivity contribution in [3.05, 3.63) is 78.2 Å². The van der Waals surface area contributed by atoms with Crippen LogP contribution in [0.15, 0.2) is 67.0 Å². The number of amides is 1. The molecule has 0 fully saturated rings. The van der Waals surface area contributed by atoms with E-state index in [1.807, 2.05) is 42.5 Å². The number of aromatic nitrogens is 2. The molecule has 2 heterocycles. The van der Waals surface area contributed by atoms with Crippen molar-refractivity contribution in [3.8, 4) is 11.5 Å². The lowest BCUT2D eigenvalue weighted by Gasteiger charge is -2.09. The van der Waals surface area contributed by atoms with Gasteiger partial charge in [0.1, 0.15) is 23.9 Å². The lowest BCUT2D eigenvalue weighted by atomic mass is 10.2. The van der Waals surface area contributed by atoms with Gasteiger partial charge in [-0.3, -0.25) is 9.78 Å². The number of ether oxygens (including phenoxy) is 2. The predicted octanol–water partition coefficient (Wildman–Crippen LogP) is 2.91. The van der Waals surface area contributed by atoms with E-state index < -0.39 is 0 Å². The van der Waals surface area contributed by atoms with Crippen molar-refractivity contribution in [2.75, 3.05) is 25.6 Å². The Bertz CT molecular complexity index is 868. The summed E-state index contributed by atoms with van der Waals surface area (Å²) in [7, 11) is 1.61. The summed E-state index contributed by atoms with van der Waals surface area (Å²) < 4.78 is 10.7. The second-order valence-corrected chi connectivity index (χ2v) is 5.89. The molecule has 0 bridgehead atoms. The molecule has 7 nitrogen and oxygen atoms in total. The van der Waals surface area contributed by atoms with E-state index in [1.165, 1.54) is 0 Å². The minimum Gasteiger partial charge on any atom is -0.497 e. The van der Waals surface area contributed by atoms with Crippen LogP contribution in [-0.2, 0) is 6.54 Å². The summed E-state index contributed by atoms with van der Waals surface area (Å²) in [5.74, 6) is 1.98. The van der Waals surface area contributed by atoms with E-state index in [0.717, 1.165) is 17.2 Å². The fourth-order valence-corrected chi connectivity index (χ4v) is 2.42. The van der Waals surface area contributed by atoms with Gasteiger partial charge in [-0.05, 0) is 48.5 Å². The molecule has 0 atom stereocenters. The molecule has 1 amide bonds. The number of hydrogen-bond acceptors (Lipinski definition) is 6. The maximum absolute atomic E-state index is 12.2. The van der Waals surface area contributed by atoms with E-state index >= 15 is 0 Å². The second kappa shape index (κ2) is 9.91. The van der Waals surface area contributed by atoms with Gasteiger partial charge in [-0.2, -0.15) is 0 Å². The largest absolute Gasteiger partial charge is 0.497 e. The maximum Gasteiger partial charge on any atom is 0.252 e. The number of hydrogen-bond donors (Lipinski definition) is 2. The zero-order valence-corrected chi connectivity index (χ0v) is 15.6. The van der Waals surface area contributed by atoms with Gasteiger partial charge in [0.15, 0.2) is 0 Å². The molecule has 2 aromatic heterocycles. The van der Waals surface area contributed by atoms with E-state index in [1.54, 1.807) is 31.6 Å². The van der Waals surface area contributed by atoms with Crippen LogP contribution in [0.3, 0.4) is 0 Å². The normalized spacial score (nSPS) is 10.2. The number of carbonyl (C=O) groups is 1. The summed E-state index contributed by atoms with van der Waals surface area (Å²) in [6.07, 6.45) is 3.29. The summed E-state index contributed by atoms with van der Waals surface area (Å²) in [6.45, 7) is 1.34. The van der Waals surface area contributed by atoms with Crippen molar-refractivity contribution < 1.29 is 14.3 Å². The zero-order chi connectivity index (χ0) is 19.6. The van der Waals surface area contributed by atoms with Crippen molar-refractivity contribution >= 4 is 11.7 Å². The van der Waals surface area contributed by atoms with Crippen LogP contribution >= 0.6 is 0 Å². The number of pyridine rings is 2. The first-order chi connectivity index (χ1) is 13.7. The smallest absolute Gasteiger partial charge is 0.252 e. The Balaban J connectivity index is 1.40. The van der Waals surface area contributed by atoms with Crippen molar-refractivity contribution in [2.45, 2.75) is 6.54 Å². The van der Waals surface area contributed by atoms with E-state index in [9.17, 15) is 4.79 Å². The predicted molar refractivity (Wildman–Crippen MR) is 107 cm³/mol. The highest BCUT2D eigenvalue weighted by atomic mass is 16.5. The van der Waals surface area contributed by atoms with Crippen LogP contribution in [0.25, 0.3) is 0 Å². The Hall–Kier alpha value is -3.61. The highest BCUT2D eigenvalue weighted by molar-refractivity contribution is 5.94. The standard InChI is InChI=1S/C21H22N4O3/c1-27-18-6-8-19(9-7-18)28-13-12-23-21(26)16-5-10-20(24-14-16)25-15-17-4-2-3-11-22-17/h2-11,14H,12-13,15H2,1H3,(H,23,26)(H,24,25). The minimum atomic E-state index is -0.192. The van der Waals surface area contributed by atoms with E-state index in [-0.39, 0.29) is 5.91 Å². The van der Waals surface area contributed by atoms with Crippen molar-refractivity contribution in [1.82, 2.24) is 15.3 Å². The van der Waals surface area contributed by atoms with Crippen LogP contribution < -0.4 is 20.1 Å². The summed E-state index contributed by atoms with van der Waals surface area (Å²) in [5, 5.41) is 5.98. The molecule has 7 heteroatoms. The summed E-state index contributed by atoms with van der Waals surface area (Å²) in [5.41, 5.74) is 1.41. The average Bonchev–Trinajstić information content (AvgIpc) is 2.76. The van der Waals surface area contributed by atoms with Crippen LogP contribution in [0.5, 0.6) is 11.5 Å². The number of rotatable bonds is 9. The Morgan fingerprint density at radius 2 is 1.82 bits per heavy atom. The number of benzene rings is 1. The molecule has 28 heavy (non-hydrogen) atoms. The number of carbonyl (C=O) groups excluding carboxylic acids is 1. The molecule has 1 aromatic carbocycles. The molecule has 144 valence electrons.